The molecule has 1 aliphatic heterocycles. The normalized spacial score (nSPS) is 20.1. The summed E-state index contributed by atoms with van der Waals surface area (Å²) >= 11 is 0. The van der Waals surface area contributed by atoms with Crippen molar-refractivity contribution >= 4 is 11.7 Å². The fourth-order valence-electron chi connectivity index (χ4n) is 2.64. The molecule has 1 saturated heterocycles. The Hall–Kier alpha value is -1.62. The number of nitrogens with one attached hydrogen (secondary N) is 1. The molecule has 0 spiro atoms. The molecule has 1 amide bonds. The van der Waals surface area contributed by atoms with Gasteiger partial charge in [-0.1, -0.05) is 19.9 Å². The Bertz CT molecular complexity index is 455. The van der Waals surface area contributed by atoms with Crippen LogP contribution in [0, 0.1) is 5.92 Å². The van der Waals surface area contributed by atoms with Gasteiger partial charge in [-0.15, -0.1) is 0 Å². The molecule has 1 fully saturated rings. The minimum absolute atomic E-state index is 0.0442. The Morgan fingerprint density at radius 1 is 1.45 bits per heavy atom. The summed E-state index contributed by atoms with van der Waals surface area (Å²) in [7, 11) is 3.96. The SMILES string of the molecule is CC(C)[C@H]1C(=O)NCCN1Cc1ccc(N(C)C)nc1. The Morgan fingerprint density at radius 3 is 2.75 bits per heavy atom. The van der Waals surface area contributed by atoms with Gasteiger partial charge in [0.25, 0.3) is 0 Å². The molecule has 20 heavy (non-hydrogen) atoms. The van der Waals surface area contributed by atoms with Crippen molar-refractivity contribution in [3.8, 4) is 0 Å². The molecular formula is C15H24N4O. The molecule has 110 valence electrons. The first kappa shape index (κ1) is 14.8. The third kappa shape index (κ3) is 3.28. The summed E-state index contributed by atoms with van der Waals surface area (Å²) in [6, 6.07) is 4.06. The number of aromatic nitrogens is 1. The van der Waals surface area contributed by atoms with E-state index in [-0.39, 0.29) is 11.9 Å². The maximum atomic E-state index is 12.0. The lowest BCUT2D eigenvalue weighted by atomic mass is 9.99. The van der Waals surface area contributed by atoms with Crippen LogP contribution in [0.5, 0.6) is 0 Å². The third-order valence-electron chi connectivity index (χ3n) is 3.64. The molecule has 0 bridgehead atoms. The molecule has 1 aromatic heterocycles. The minimum atomic E-state index is -0.0442. The van der Waals surface area contributed by atoms with E-state index in [2.05, 4.69) is 35.1 Å². The minimum Gasteiger partial charge on any atom is -0.363 e. The number of carbonyl (C=O) groups is 1. The van der Waals surface area contributed by atoms with E-state index in [1.807, 2.05) is 31.3 Å². The summed E-state index contributed by atoms with van der Waals surface area (Å²) in [5.41, 5.74) is 1.15. The van der Waals surface area contributed by atoms with E-state index >= 15 is 0 Å². The molecule has 0 aliphatic carbocycles. The average molecular weight is 276 g/mol. The van der Waals surface area contributed by atoms with Gasteiger partial charge in [0.1, 0.15) is 5.82 Å². The molecule has 1 aliphatic rings. The lowest BCUT2D eigenvalue weighted by Gasteiger charge is -2.37. The lowest BCUT2D eigenvalue weighted by Crippen LogP contribution is -2.56. The van der Waals surface area contributed by atoms with Crippen molar-refractivity contribution in [3.05, 3.63) is 23.9 Å². The molecule has 5 nitrogen and oxygen atoms in total. The van der Waals surface area contributed by atoms with Crippen molar-refractivity contribution in [1.29, 1.82) is 0 Å². The molecule has 1 N–H and O–H groups in total. The van der Waals surface area contributed by atoms with E-state index in [0.29, 0.717) is 5.92 Å². The van der Waals surface area contributed by atoms with Crippen LogP contribution in [-0.4, -0.2) is 49.0 Å². The molecule has 2 heterocycles. The average Bonchev–Trinajstić information content (AvgIpc) is 2.39. The zero-order valence-electron chi connectivity index (χ0n) is 12.8. The zero-order valence-corrected chi connectivity index (χ0v) is 12.8. The first-order chi connectivity index (χ1) is 9.49. The van der Waals surface area contributed by atoms with Crippen molar-refractivity contribution in [2.45, 2.75) is 26.4 Å². The molecule has 0 radical (unpaired) electrons. The van der Waals surface area contributed by atoms with Crippen molar-refractivity contribution in [1.82, 2.24) is 15.2 Å². The number of pyridine rings is 1. The first-order valence-corrected chi connectivity index (χ1v) is 7.13. The number of piperazine rings is 1. The molecule has 1 aromatic rings. The number of rotatable bonds is 4. The molecule has 2 rings (SSSR count). The van der Waals surface area contributed by atoms with Gasteiger partial charge < -0.3 is 10.2 Å². The standard InChI is InChI=1S/C15H24N4O/c1-11(2)14-15(20)16-7-8-19(14)10-12-5-6-13(17-9-12)18(3)4/h5-6,9,11,14H,7-8,10H2,1-4H3,(H,16,20)/t14-/m0/s1. The molecule has 1 atom stereocenters. The highest BCUT2D eigenvalue weighted by Gasteiger charge is 2.31. The van der Waals surface area contributed by atoms with Gasteiger partial charge in [0.15, 0.2) is 0 Å². The number of hydrogen-bond donors (Lipinski definition) is 1. The predicted octanol–water partition coefficient (Wildman–Crippen LogP) is 1.10. The lowest BCUT2D eigenvalue weighted by molar-refractivity contribution is -0.131. The number of carbonyl (C=O) groups excluding carboxylic acids is 1. The van der Waals surface area contributed by atoms with Crippen LogP contribution in [0.3, 0.4) is 0 Å². The third-order valence-corrected chi connectivity index (χ3v) is 3.64. The number of nitrogens with zero attached hydrogens (tertiary/aromatic N) is 3. The van der Waals surface area contributed by atoms with E-state index in [1.54, 1.807) is 0 Å². The van der Waals surface area contributed by atoms with Gasteiger partial charge in [0.2, 0.25) is 5.91 Å². The van der Waals surface area contributed by atoms with Crippen molar-refractivity contribution in [2.24, 2.45) is 5.92 Å². The van der Waals surface area contributed by atoms with E-state index in [0.717, 1.165) is 31.0 Å². The number of hydrogen-bond acceptors (Lipinski definition) is 4. The van der Waals surface area contributed by atoms with E-state index in [4.69, 9.17) is 0 Å². The van der Waals surface area contributed by atoms with Gasteiger partial charge in [-0.2, -0.15) is 0 Å². The van der Waals surface area contributed by atoms with Crippen LogP contribution in [0.25, 0.3) is 0 Å². The van der Waals surface area contributed by atoms with Gasteiger partial charge in [-0.25, -0.2) is 4.98 Å². The van der Waals surface area contributed by atoms with Crippen LogP contribution in [0.1, 0.15) is 19.4 Å². The maximum Gasteiger partial charge on any atom is 0.237 e. The van der Waals surface area contributed by atoms with Crippen molar-refractivity contribution in [2.75, 3.05) is 32.1 Å². The quantitative estimate of drug-likeness (QED) is 0.895. The van der Waals surface area contributed by atoms with Crippen molar-refractivity contribution in [3.63, 3.8) is 0 Å². The fraction of sp³-hybridized carbons (Fsp3) is 0.600. The van der Waals surface area contributed by atoms with Crippen LogP contribution < -0.4 is 10.2 Å². The summed E-state index contributed by atoms with van der Waals surface area (Å²) in [5.74, 6) is 1.40. The molecule has 0 saturated carbocycles. The van der Waals surface area contributed by atoms with Crippen LogP contribution in [0.15, 0.2) is 18.3 Å². The second kappa shape index (κ2) is 6.22. The second-order valence-electron chi connectivity index (χ2n) is 5.87. The van der Waals surface area contributed by atoms with Crippen LogP contribution in [0.2, 0.25) is 0 Å². The Morgan fingerprint density at radius 2 is 2.20 bits per heavy atom. The van der Waals surface area contributed by atoms with Gasteiger partial charge in [-0.3, -0.25) is 9.69 Å². The van der Waals surface area contributed by atoms with Crippen LogP contribution >= 0.6 is 0 Å². The van der Waals surface area contributed by atoms with Gasteiger partial charge in [0.05, 0.1) is 6.04 Å². The molecule has 0 unspecified atom stereocenters. The molecular weight excluding hydrogens is 252 g/mol. The number of anilines is 1. The second-order valence-corrected chi connectivity index (χ2v) is 5.87. The van der Waals surface area contributed by atoms with Crippen LogP contribution in [-0.2, 0) is 11.3 Å². The maximum absolute atomic E-state index is 12.0. The van der Waals surface area contributed by atoms with Gasteiger partial charge >= 0.3 is 0 Å². The van der Waals surface area contributed by atoms with Crippen molar-refractivity contribution < 1.29 is 4.79 Å². The monoisotopic (exact) mass is 276 g/mol. The highest BCUT2D eigenvalue weighted by molar-refractivity contribution is 5.82. The number of amides is 1. The first-order valence-electron chi connectivity index (χ1n) is 7.13. The summed E-state index contributed by atoms with van der Waals surface area (Å²) in [6.45, 7) is 6.58. The Balaban J connectivity index is 2.09. The Kier molecular flexibility index (Phi) is 4.60. The van der Waals surface area contributed by atoms with Gasteiger partial charge in [-0.05, 0) is 17.5 Å². The summed E-state index contributed by atoms with van der Waals surface area (Å²) < 4.78 is 0. The largest absolute Gasteiger partial charge is 0.363 e. The fourth-order valence-corrected chi connectivity index (χ4v) is 2.64. The van der Waals surface area contributed by atoms with E-state index in [9.17, 15) is 4.79 Å². The topological polar surface area (TPSA) is 48.5 Å². The van der Waals surface area contributed by atoms with E-state index < -0.39 is 0 Å². The zero-order chi connectivity index (χ0) is 14.7. The summed E-state index contributed by atoms with van der Waals surface area (Å²) in [6.07, 6.45) is 1.90. The molecule has 5 heteroatoms. The summed E-state index contributed by atoms with van der Waals surface area (Å²) in [4.78, 5) is 20.7. The van der Waals surface area contributed by atoms with Crippen LogP contribution in [0.4, 0.5) is 5.82 Å². The van der Waals surface area contributed by atoms with Gasteiger partial charge in [0, 0.05) is 39.9 Å². The highest BCUT2D eigenvalue weighted by atomic mass is 16.2. The predicted molar refractivity (Wildman–Crippen MR) is 80.6 cm³/mol. The smallest absolute Gasteiger partial charge is 0.237 e. The summed E-state index contributed by atoms with van der Waals surface area (Å²) in [5, 5.41) is 2.95. The van der Waals surface area contributed by atoms with E-state index in [1.165, 1.54) is 0 Å². The highest BCUT2D eigenvalue weighted by Crippen LogP contribution is 2.18. The molecule has 0 aromatic carbocycles. The Labute approximate surface area is 121 Å².